The van der Waals surface area contributed by atoms with Crippen molar-refractivity contribution in [3.63, 3.8) is 0 Å². The van der Waals surface area contributed by atoms with Crippen LogP contribution in [0.15, 0.2) is 42.7 Å². The molecule has 0 saturated carbocycles. The average molecular weight is 252 g/mol. The molecule has 1 aromatic carbocycles. The lowest BCUT2D eigenvalue weighted by molar-refractivity contribution is 0.450. The largest absolute Gasteiger partial charge is 0.313 e. The highest BCUT2D eigenvalue weighted by molar-refractivity contribution is 5.40. The van der Waals surface area contributed by atoms with E-state index < -0.39 is 0 Å². The number of nitrogens with one attached hydrogen (secondary N) is 1. The average Bonchev–Trinajstić information content (AvgIpc) is 2.42. The molecule has 2 heteroatoms. The Labute approximate surface area is 114 Å². The maximum Gasteiger partial charge on any atom is 0.0341 e. The normalized spacial score (nSPS) is 18.5. The SMILES string of the molecule is CNC(CC1Cc2ccccc21)c1cnccc1C. The number of aryl methyl sites for hydroxylation is 1. The second-order valence-electron chi connectivity index (χ2n) is 5.41. The predicted molar refractivity (Wildman–Crippen MR) is 78.3 cm³/mol. The Morgan fingerprint density at radius 1 is 1.32 bits per heavy atom. The van der Waals surface area contributed by atoms with Crippen molar-refractivity contribution in [1.29, 1.82) is 0 Å². The Bertz CT molecular complexity index is 577. The highest BCUT2D eigenvalue weighted by Gasteiger charge is 2.28. The fourth-order valence-electron chi connectivity index (χ4n) is 3.10. The summed E-state index contributed by atoms with van der Waals surface area (Å²) < 4.78 is 0. The monoisotopic (exact) mass is 252 g/mol. The van der Waals surface area contributed by atoms with Crippen LogP contribution in [0, 0.1) is 6.92 Å². The highest BCUT2D eigenvalue weighted by atomic mass is 14.9. The third kappa shape index (κ3) is 2.28. The lowest BCUT2D eigenvalue weighted by Gasteiger charge is -2.33. The molecule has 1 aromatic heterocycles. The summed E-state index contributed by atoms with van der Waals surface area (Å²) in [5, 5.41) is 3.45. The third-order valence-electron chi connectivity index (χ3n) is 4.28. The summed E-state index contributed by atoms with van der Waals surface area (Å²) in [5.41, 5.74) is 5.70. The van der Waals surface area contributed by atoms with E-state index in [9.17, 15) is 0 Å². The van der Waals surface area contributed by atoms with Gasteiger partial charge in [0.15, 0.2) is 0 Å². The Hall–Kier alpha value is -1.67. The number of rotatable bonds is 4. The molecule has 2 unspecified atom stereocenters. The van der Waals surface area contributed by atoms with E-state index in [4.69, 9.17) is 0 Å². The van der Waals surface area contributed by atoms with Gasteiger partial charge in [0, 0.05) is 18.4 Å². The Kier molecular flexibility index (Phi) is 3.34. The van der Waals surface area contributed by atoms with Crippen LogP contribution in [0.3, 0.4) is 0 Å². The molecule has 0 bridgehead atoms. The minimum Gasteiger partial charge on any atom is -0.313 e. The van der Waals surface area contributed by atoms with E-state index in [1.54, 1.807) is 0 Å². The number of fused-ring (bicyclic) bond motifs is 1. The van der Waals surface area contributed by atoms with Crippen molar-refractivity contribution in [2.24, 2.45) is 0 Å². The molecule has 1 aliphatic carbocycles. The molecule has 0 saturated heterocycles. The van der Waals surface area contributed by atoms with Gasteiger partial charge in [-0.3, -0.25) is 4.98 Å². The van der Waals surface area contributed by atoms with Crippen LogP contribution in [0.1, 0.15) is 40.6 Å². The minimum atomic E-state index is 0.395. The maximum atomic E-state index is 4.27. The van der Waals surface area contributed by atoms with E-state index in [0.717, 1.165) is 6.42 Å². The lowest BCUT2D eigenvalue weighted by Crippen LogP contribution is -2.25. The molecular weight excluding hydrogens is 232 g/mol. The Morgan fingerprint density at radius 3 is 2.89 bits per heavy atom. The fraction of sp³-hybridized carbons (Fsp3) is 0.353. The summed E-state index contributed by atoms with van der Waals surface area (Å²) in [6.45, 7) is 2.16. The summed E-state index contributed by atoms with van der Waals surface area (Å²) >= 11 is 0. The summed E-state index contributed by atoms with van der Waals surface area (Å²) in [4.78, 5) is 4.27. The summed E-state index contributed by atoms with van der Waals surface area (Å²) in [6, 6.07) is 11.3. The second kappa shape index (κ2) is 5.14. The first-order valence-corrected chi connectivity index (χ1v) is 6.95. The zero-order valence-corrected chi connectivity index (χ0v) is 11.6. The number of pyridine rings is 1. The maximum absolute atomic E-state index is 4.27. The van der Waals surface area contributed by atoms with E-state index in [-0.39, 0.29) is 0 Å². The third-order valence-corrected chi connectivity index (χ3v) is 4.28. The standard InChI is InChI=1S/C17H20N2/c1-12-7-8-19-11-16(12)17(18-2)10-14-9-13-5-3-4-6-15(13)14/h3-8,11,14,17-18H,9-10H2,1-2H3. The van der Waals surface area contributed by atoms with Crippen molar-refractivity contribution < 1.29 is 0 Å². The Balaban J connectivity index is 1.78. The first-order valence-electron chi connectivity index (χ1n) is 6.95. The van der Waals surface area contributed by atoms with Crippen molar-refractivity contribution in [3.05, 3.63) is 65.0 Å². The molecule has 1 heterocycles. The van der Waals surface area contributed by atoms with Gasteiger partial charge in [-0.25, -0.2) is 0 Å². The van der Waals surface area contributed by atoms with Crippen LogP contribution in [-0.4, -0.2) is 12.0 Å². The van der Waals surface area contributed by atoms with Crippen LogP contribution in [0.2, 0.25) is 0 Å². The molecule has 0 radical (unpaired) electrons. The van der Waals surface area contributed by atoms with Gasteiger partial charge < -0.3 is 5.32 Å². The van der Waals surface area contributed by atoms with Gasteiger partial charge in [-0.1, -0.05) is 24.3 Å². The lowest BCUT2D eigenvalue weighted by atomic mass is 9.73. The zero-order valence-electron chi connectivity index (χ0n) is 11.6. The topological polar surface area (TPSA) is 24.9 Å². The van der Waals surface area contributed by atoms with Gasteiger partial charge in [0.2, 0.25) is 0 Å². The van der Waals surface area contributed by atoms with Gasteiger partial charge in [-0.2, -0.15) is 0 Å². The molecule has 1 aliphatic rings. The molecule has 3 rings (SSSR count). The van der Waals surface area contributed by atoms with Crippen LogP contribution in [0.5, 0.6) is 0 Å². The number of benzene rings is 1. The van der Waals surface area contributed by atoms with Gasteiger partial charge in [0.25, 0.3) is 0 Å². The van der Waals surface area contributed by atoms with Crippen molar-refractivity contribution in [2.45, 2.75) is 31.7 Å². The van der Waals surface area contributed by atoms with Crippen LogP contribution < -0.4 is 5.32 Å². The molecule has 0 spiro atoms. The van der Waals surface area contributed by atoms with Gasteiger partial charge in [0.1, 0.15) is 0 Å². The van der Waals surface area contributed by atoms with Gasteiger partial charge >= 0.3 is 0 Å². The Morgan fingerprint density at radius 2 is 2.16 bits per heavy atom. The first-order chi connectivity index (χ1) is 9.29. The summed E-state index contributed by atoms with van der Waals surface area (Å²) in [5.74, 6) is 0.688. The van der Waals surface area contributed by atoms with Crippen LogP contribution in [0.4, 0.5) is 0 Å². The van der Waals surface area contributed by atoms with Crippen molar-refractivity contribution in [3.8, 4) is 0 Å². The molecule has 2 nitrogen and oxygen atoms in total. The molecular formula is C17H20N2. The van der Waals surface area contributed by atoms with Crippen LogP contribution >= 0.6 is 0 Å². The smallest absolute Gasteiger partial charge is 0.0341 e. The van der Waals surface area contributed by atoms with E-state index in [2.05, 4.69) is 47.6 Å². The fourth-order valence-corrected chi connectivity index (χ4v) is 3.10. The molecule has 0 fully saturated rings. The predicted octanol–water partition coefficient (Wildman–Crippen LogP) is 3.38. The van der Waals surface area contributed by atoms with Crippen molar-refractivity contribution in [2.75, 3.05) is 7.05 Å². The molecule has 0 aliphatic heterocycles. The number of nitrogens with zero attached hydrogens (tertiary/aromatic N) is 1. The van der Waals surface area contributed by atoms with E-state index in [0.29, 0.717) is 12.0 Å². The molecule has 1 N–H and O–H groups in total. The molecule has 98 valence electrons. The second-order valence-corrected chi connectivity index (χ2v) is 5.41. The number of hydrogen-bond donors (Lipinski definition) is 1. The molecule has 2 atom stereocenters. The van der Waals surface area contributed by atoms with Crippen LogP contribution in [-0.2, 0) is 6.42 Å². The van der Waals surface area contributed by atoms with Gasteiger partial charge in [-0.05, 0) is 61.1 Å². The van der Waals surface area contributed by atoms with E-state index in [1.807, 2.05) is 19.4 Å². The quantitative estimate of drug-likeness (QED) is 0.902. The zero-order chi connectivity index (χ0) is 13.2. The number of hydrogen-bond acceptors (Lipinski definition) is 2. The van der Waals surface area contributed by atoms with Crippen molar-refractivity contribution in [1.82, 2.24) is 10.3 Å². The van der Waals surface area contributed by atoms with Gasteiger partial charge in [-0.15, -0.1) is 0 Å². The first kappa shape index (κ1) is 12.4. The number of aromatic nitrogens is 1. The van der Waals surface area contributed by atoms with E-state index >= 15 is 0 Å². The van der Waals surface area contributed by atoms with Gasteiger partial charge in [0.05, 0.1) is 0 Å². The highest BCUT2D eigenvalue weighted by Crippen LogP contribution is 2.40. The summed E-state index contributed by atoms with van der Waals surface area (Å²) in [6.07, 6.45) is 6.24. The van der Waals surface area contributed by atoms with Crippen LogP contribution in [0.25, 0.3) is 0 Å². The molecule has 0 amide bonds. The molecule has 2 aromatic rings. The minimum absolute atomic E-state index is 0.395. The van der Waals surface area contributed by atoms with Crippen molar-refractivity contribution >= 4 is 0 Å². The molecule has 19 heavy (non-hydrogen) atoms. The summed E-state index contributed by atoms with van der Waals surface area (Å²) in [7, 11) is 2.04. The van der Waals surface area contributed by atoms with E-state index in [1.165, 1.54) is 28.7 Å².